The van der Waals surface area contributed by atoms with Crippen molar-refractivity contribution in [2.75, 3.05) is 7.11 Å². The van der Waals surface area contributed by atoms with E-state index in [0.717, 1.165) is 10.0 Å². The molecule has 3 aromatic rings. The minimum absolute atomic E-state index is 0.0708. The van der Waals surface area contributed by atoms with Gasteiger partial charge in [-0.25, -0.2) is 4.98 Å². The van der Waals surface area contributed by atoms with Crippen molar-refractivity contribution in [3.05, 3.63) is 82.3 Å². The quantitative estimate of drug-likeness (QED) is 0.519. The van der Waals surface area contributed by atoms with E-state index in [1.165, 1.54) is 0 Å². The van der Waals surface area contributed by atoms with Crippen LogP contribution in [0.15, 0.2) is 65.4 Å². The monoisotopic (exact) mass is 455 g/mol. The van der Waals surface area contributed by atoms with Gasteiger partial charge in [-0.1, -0.05) is 46.3 Å². The summed E-state index contributed by atoms with van der Waals surface area (Å²) in [6.07, 6.45) is 3.72. The Morgan fingerprint density at radius 1 is 1.14 bits per heavy atom. The molecule has 7 heteroatoms. The Morgan fingerprint density at radius 2 is 1.86 bits per heavy atom. The van der Waals surface area contributed by atoms with Gasteiger partial charge in [0, 0.05) is 47.9 Å². The van der Waals surface area contributed by atoms with E-state index < -0.39 is 6.04 Å². The number of imidazole rings is 1. The molecule has 150 valence electrons. The third kappa shape index (κ3) is 5.12. The summed E-state index contributed by atoms with van der Waals surface area (Å²) in [6.45, 7) is 0. The highest BCUT2D eigenvalue weighted by Gasteiger charge is 2.24. The third-order valence-corrected chi connectivity index (χ3v) is 5.15. The molecule has 1 heterocycles. The van der Waals surface area contributed by atoms with E-state index >= 15 is 0 Å². The number of hydrogen-bond acceptors (Lipinski definition) is 4. The lowest BCUT2D eigenvalue weighted by Gasteiger charge is -2.21. The summed E-state index contributed by atoms with van der Waals surface area (Å²) in [5.74, 6) is 1.04. The summed E-state index contributed by atoms with van der Waals surface area (Å²) in [4.78, 5) is 29.4. The molecule has 0 aliphatic rings. The van der Waals surface area contributed by atoms with E-state index in [0.29, 0.717) is 17.1 Å². The average Bonchev–Trinajstić information content (AvgIpc) is 3.16. The smallest absolute Gasteiger partial charge is 0.221 e. The summed E-state index contributed by atoms with van der Waals surface area (Å²) in [5, 5.41) is 3.01. The zero-order chi connectivity index (χ0) is 20.8. The van der Waals surface area contributed by atoms with Crippen molar-refractivity contribution < 1.29 is 14.3 Å². The van der Waals surface area contributed by atoms with Crippen LogP contribution in [-0.2, 0) is 11.8 Å². The van der Waals surface area contributed by atoms with Gasteiger partial charge in [-0.05, 0) is 18.2 Å². The molecular formula is C22H22BrN3O3. The first-order valence-corrected chi connectivity index (χ1v) is 9.97. The Balaban J connectivity index is 1.74. The first-order valence-electron chi connectivity index (χ1n) is 9.18. The van der Waals surface area contributed by atoms with Gasteiger partial charge in [0.2, 0.25) is 5.91 Å². The lowest BCUT2D eigenvalue weighted by atomic mass is 10.0. The maximum absolute atomic E-state index is 12.7. The molecule has 0 radical (unpaired) electrons. The number of hydrogen-bond donors (Lipinski definition) is 1. The van der Waals surface area contributed by atoms with Crippen LogP contribution in [0.25, 0.3) is 0 Å². The second-order valence-corrected chi connectivity index (χ2v) is 7.48. The van der Waals surface area contributed by atoms with Gasteiger partial charge in [0.25, 0.3) is 0 Å². The molecule has 0 aliphatic heterocycles. The molecule has 0 aliphatic carbocycles. The van der Waals surface area contributed by atoms with Crippen molar-refractivity contribution in [3.8, 4) is 5.75 Å². The molecule has 1 amide bonds. The van der Waals surface area contributed by atoms with Gasteiger partial charge in [0.05, 0.1) is 7.11 Å². The normalized spacial score (nSPS) is 11.7. The molecule has 0 saturated carbocycles. The second-order valence-electron chi connectivity index (χ2n) is 6.57. The van der Waals surface area contributed by atoms with Gasteiger partial charge < -0.3 is 14.6 Å². The third-order valence-electron chi connectivity index (χ3n) is 4.62. The SMILES string of the molecule is COc1ccccc1[C@H](NC(=O)CCC(=O)c1ccc(Br)cc1)c1nccn1C. The predicted molar refractivity (Wildman–Crippen MR) is 114 cm³/mol. The lowest BCUT2D eigenvalue weighted by molar-refractivity contribution is -0.121. The molecule has 6 nitrogen and oxygen atoms in total. The fourth-order valence-corrected chi connectivity index (χ4v) is 3.35. The molecule has 2 aromatic carbocycles. The fourth-order valence-electron chi connectivity index (χ4n) is 3.08. The predicted octanol–water partition coefficient (Wildman–Crippen LogP) is 4.06. The highest BCUT2D eigenvalue weighted by Crippen LogP contribution is 2.29. The topological polar surface area (TPSA) is 73.2 Å². The number of ketones is 1. The Labute approximate surface area is 178 Å². The van der Waals surface area contributed by atoms with Crippen LogP contribution in [-0.4, -0.2) is 28.4 Å². The first kappa shape index (κ1) is 20.8. The zero-order valence-corrected chi connectivity index (χ0v) is 17.8. The molecule has 0 spiro atoms. The summed E-state index contributed by atoms with van der Waals surface area (Å²) < 4.78 is 8.22. The highest BCUT2D eigenvalue weighted by molar-refractivity contribution is 9.10. The van der Waals surface area contributed by atoms with Gasteiger partial charge in [-0.3, -0.25) is 9.59 Å². The van der Waals surface area contributed by atoms with Crippen LogP contribution in [0.3, 0.4) is 0 Å². The number of amides is 1. The van der Waals surface area contributed by atoms with E-state index in [4.69, 9.17) is 4.74 Å². The van der Waals surface area contributed by atoms with Crippen molar-refractivity contribution >= 4 is 27.6 Å². The lowest BCUT2D eigenvalue weighted by Crippen LogP contribution is -2.31. The van der Waals surface area contributed by atoms with Crippen LogP contribution >= 0.6 is 15.9 Å². The molecule has 1 N–H and O–H groups in total. The molecule has 0 bridgehead atoms. The summed E-state index contributed by atoms with van der Waals surface area (Å²) in [7, 11) is 3.46. The first-order chi connectivity index (χ1) is 14.0. The molecule has 1 atom stereocenters. The number of aryl methyl sites for hydroxylation is 1. The number of halogens is 1. The van der Waals surface area contributed by atoms with Crippen molar-refractivity contribution in [2.45, 2.75) is 18.9 Å². The largest absolute Gasteiger partial charge is 0.496 e. The molecule has 1 aromatic heterocycles. The number of Topliss-reactive ketones (excluding diaryl/α,β-unsaturated/α-hetero) is 1. The van der Waals surface area contributed by atoms with Crippen LogP contribution < -0.4 is 10.1 Å². The summed E-state index contributed by atoms with van der Waals surface area (Å²) in [6, 6.07) is 14.1. The molecule has 3 rings (SSSR count). The standard InChI is InChI=1S/C22H22BrN3O3/c1-26-14-13-24-22(26)21(17-5-3-4-6-19(17)29-2)25-20(28)12-11-18(27)15-7-9-16(23)10-8-15/h3-10,13-14,21H,11-12H2,1-2H3,(H,25,28)/t21-/m0/s1. The number of carbonyl (C=O) groups excluding carboxylic acids is 2. The highest BCUT2D eigenvalue weighted by atomic mass is 79.9. The molecule has 0 unspecified atom stereocenters. The molecule has 0 saturated heterocycles. The Bertz CT molecular complexity index is 999. The minimum atomic E-state index is -0.485. The van der Waals surface area contributed by atoms with Crippen LogP contribution in [0.1, 0.15) is 40.6 Å². The van der Waals surface area contributed by atoms with Crippen LogP contribution in [0.2, 0.25) is 0 Å². The van der Waals surface area contributed by atoms with E-state index in [-0.39, 0.29) is 24.5 Å². The number of rotatable bonds is 8. The Hall–Kier alpha value is -2.93. The maximum Gasteiger partial charge on any atom is 0.221 e. The van der Waals surface area contributed by atoms with E-state index in [2.05, 4.69) is 26.2 Å². The number of para-hydroxylation sites is 1. The number of carbonyl (C=O) groups is 2. The van der Waals surface area contributed by atoms with E-state index in [9.17, 15) is 9.59 Å². The molecule has 0 fully saturated rings. The number of benzene rings is 2. The zero-order valence-electron chi connectivity index (χ0n) is 16.3. The van der Waals surface area contributed by atoms with Gasteiger partial charge in [0.15, 0.2) is 5.78 Å². The van der Waals surface area contributed by atoms with Gasteiger partial charge in [0.1, 0.15) is 17.6 Å². The van der Waals surface area contributed by atoms with Crippen molar-refractivity contribution in [1.29, 1.82) is 0 Å². The fraction of sp³-hybridized carbons (Fsp3) is 0.227. The van der Waals surface area contributed by atoms with Crippen molar-refractivity contribution in [1.82, 2.24) is 14.9 Å². The maximum atomic E-state index is 12.7. The molecule has 29 heavy (non-hydrogen) atoms. The van der Waals surface area contributed by atoms with Crippen molar-refractivity contribution in [2.24, 2.45) is 7.05 Å². The Morgan fingerprint density at radius 3 is 2.52 bits per heavy atom. The van der Waals surface area contributed by atoms with Crippen LogP contribution in [0.4, 0.5) is 0 Å². The number of methoxy groups -OCH3 is 1. The second kappa shape index (κ2) is 9.52. The number of nitrogens with zero attached hydrogens (tertiary/aromatic N) is 2. The number of ether oxygens (including phenoxy) is 1. The minimum Gasteiger partial charge on any atom is -0.496 e. The van der Waals surface area contributed by atoms with Gasteiger partial charge >= 0.3 is 0 Å². The van der Waals surface area contributed by atoms with Crippen molar-refractivity contribution in [3.63, 3.8) is 0 Å². The summed E-state index contributed by atoms with van der Waals surface area (Å²) >= 11 is 3.35. The van der Waals surface area contributed by atoms with Crippen LogP contribution in [0.5, 0.6) is 5.75 Å². The number of aromatic nitrogens is 2. The van der Waals surface area contributed by atoms with Gasteiger partial charge in [-0.2, -0.15) is 0 Å². The average molecular weight is 456 g/mol. The summed E-state index contributed by atoms with van der Waals surface area (Å²) in [5.41, 5.74) is 1.39. The van der Waals surface area contributed by atoms with Gasteiger partial charge in [-0.15, -0.1) is 0 Å². The van der Waals surface area contributed by atoms with E-state index in [1.807, 2.05) is 54.2 Å². The Kier molecular flexibility index (Phi) is 6.82. The van der Waals surface area contributed by atoms with E-state index in [1.54, 1.807) is 25.4 Å². The molecular weight excluding hydrogens is 434 g/mol. The van der Waals surface area contributed by atoms with Crippen LogP contribution in [0, 0.1) is 0 Å². The number of nitrogens with one attached hydrogen (secondary N) is 1.